The number of nitrogens with one attached hydrogen (secondary N) is 2. The van der Waals surface area contributed by atoms with Crippen LogP contribution in [0.15, 0.2) is 42.5 Å². The number of halogens is 1. The molecule has 0 radical (unpaired) electrons. The van der Waals surface area contributed by atoms with Gasteiger partial charge >= 0.3 is 5.97 Å². The smallest absolute Gasteiger partial charge is 0.357 e. The number of carbonyl (C=O) groups is 2. The topological polar surface area (TPSA) is 135 Å². The molecule has 2 saturated heterocycles. The van der Waals surface area contributed by atoms with E-state index in [9.17, 15) is 9.59 Å². The van der Waals surface area contributed by atoms with Crippen molar-refractivity contribution < 1.29 is 23.5 Å². The standard InChI is InChI=1S/C40H41FN8O4S2/c1-25-27-9-6-18-49(36(27)47-46-35(25)45-38-43-29-10-3-4-11-31(29)54-38)39-44-34(37(51)52-2)32(55-39)12-7-21-53-30-14-13-26(22-28(30)41)8-5-17-48-19-15-40(16-20-48)23-33(50)42-24-40/h3-4,10-11,13-14,22H,6-7,9,12,15-21,23-24H2,1-2H3,(H,42,50)(H,43,45,46). The number of hydrogen-bond acceptors (Lipinski definition) is 13. The molecule has 6 heterocycles. The first-order valence-corrected chi connectivity index (χ1v) is 20.2. The second kappa shape index (κ2) is 15.9. The van der Waals surface area contributed by atoms with Crippen molar-refractivity contribution in [2.75, 3.05) is 56.7 Å². The Hall–Kier alpha value is -5.17. The van der Waals surface area contributed by atoms with E-state index >= 15 is 4.39 Å². The van der Waals surface area contributed by atoms with E-state index in [-0.39, 0.29) is 29.4 Å². The zero-order valence-electron chi connectivity index (χ0n) is 30.7. The van der Waals surface area contributed by atoms with Crippen LogP contribution in [0.25, 0.3) is 10.2 Å². The Morgan fingerprint density at radius 3 is 2.75 bits per heavy atom. The van der Waals surface area contributed by atoms with Crippen molar-refractivity contribution in [3.63, 3.8) is 0 Å². The summed E-state index contributed by atoms with van der Waals surface area (Å²) in [6, 6.07) is 12.8. The van der Waals surface area contributed by atoms with Gasteiger partial charge in [0.05, 0.1) is 30.5 Å². The normalized spacial score (nSPS) is 16.4. The fourth-order valence-corrected chi connectivity index (χ4v) is 9.43. The average molecular weight is 781 g/mol. The van der Waals surface area contributed by atoms with Gasteiger partial charge in [-0.2, -0.15) is 0 Å². The lowest BCUT2D eigenvalue weighted by Gasteiger charge is -2.37. The summed E-state index contributed by atoms with van der Waals surface area (Å²) in [6.45, 7) is 6.15. The van der Waals surface area contributed by atoms with Gasteiger partial charge in [0.25, 0.3) is 0 Å². The molecule has 2 N–H and O–H groups in total. The molecule has 1 spiro atoms. The van der Waals surface area contributed by atoms with Crippen LogP contribution in [0.5, 0.6) is 5.75 Å². The van der Waals surface area contributed by atoms with Crippen LogP contribution in [0, 0.1) is 30.0 Å². The SMILES string of the molecule is COC(=O)c1nc(N2CCCc3c2nnc(Nc2nc4ccccc4s2)c3C)sc1CCCOc1ccc(C#CCN2CCC3(CC2)CNC(=O)C3)cc1F. The Balaban J connectivity index is 0.877. The van der Waals surface area contributed by atoms with Gasteiger partial charge in [0.2, 0.25) is 5.91 Å². The maximum absolute atomic E-state index is 15.0. The molecule has 0 atom stereocenters. The van der Waals surface area contributed by atoms with Crippen LogP contribution in [-0.2, 0) is 22.4 Å². The van der Waals surface area contributed by atoms with Gasteiger partial charge in [-0.1, -0.05) is 35.3 Å². The van der Waals surface area contributed by atoms with E-state index in [0.29, 0.717) is 48.9 Å². The average Bonchev–Trinajstić information content (AvgIpc) is 3.92. The Kier molecular flexibility index (Phi) is 10.6. The number of likely N-dealkylation sites (tertiary alicyclic amines) is 1. The number of methoxy groups -OCH3 is 1. The third-order valence-corrected chi connectivity index (χ3v) is 12.7. The summed E-state index contributed by atoms with van der Waals surface area (Å²) in [5.74, 6) is 6.96. The lowest BCUT2D eigenvalue weighted by molar-refractivity contribution is -0.119. The number of aromatic nitrogens is 4. The first kappa shape index (κ1) is 36.8. The van der Waals surface area contributed by atoms with Crippen LogP contribution in [-0.4, -0.2) is 83.4 Å². The number of rotatable bonds is 10. The first-order valence-electron chi connectivity index (χ1n) is 18.5. The zero-order valence-corrected chi connectivity index (χ0v) is 32.4. The lowest BCUT2D eigenvalue weighted by Crippen LogP contribution is -2.41. The molecule has 3 aliphatic rings. The lowest BCUT2D eigenvalue weighted by atomic mass is 9.78. The zero-order chi connectivity index (χ0) is 37.9. The number of aryl methyl sites for hydroxylation is 1. The predicted molar refractivity (Wildman–Crippen MR) is 211 cm³/mol. The molecule has 3 aliphatic heterocycles. The third-order valence-electron chi connectivity index (χ3n) is 10.6. The fourth-order valence-electron chi connectivity index (χ4n) is 7.45. The third kappa shape index (κ3) is 7.98. The molecular formula is C40H41FN8O4S2. The maximum Gasteiger partial charge on any atom is 0.357 e. The van der Waals surface area contributed by atoms with Gasteiger partial charge < -0.3 is 25.0 Å². The largest absolute Gasteiger partial charge is 0.491 e. The Morgan fingerprint density at radius 1 is 1.11 bits per heavy atom. The monoisotopic (exact) mass is 780 g/mol. The van der Waals surface area contributed by atoms with Crippen molar-refractivity contribution >= 4 is 66.7 Å². The molecule has 15 heteroatoms. The van der Waals surface area contributed by atoms with Gasteiger partial charge in [0, 0.05) is 41.1 Å². The van der Waals surface area contributed by atoms with Crippen molar-refractivity contribution in [1.82, 2.24) is 30.4 Å². The minimum absolute atomic E-state index is 0.103. The number of anilines is 4. The van der Waals surface area contributed by atoms with E-state index < -0.39 is 11.8 Å². The van der Waals surface area contributed by atoms with E-state index in [4.69, 9.17) is 14.5 Å². The minimum Gasteiger partial charge on any atom is -0.491 e. The number of para-hydroxylation sites is 1. The van der Waals surface area contributed by atoms with E-state index in [0.717, 1.165) is 82.5 Å². The first-order chi connectivity index (χ1) is 26.8. The van der Waals surface area contributed by atoms with Crippen molar-refractivity contribution in [2.45, 2.75) is 51.9 Å². The van der Waals surface area contributed by atoms with Crippen molar-refractivity contribution in [3.05, 3.63) is 75.5 Å². The fraction of sp³-hybridized carbons (Fsp3) is 0.400. The summed E-state index contributed by atoms with van der Waals surface area (Å²) in [6.07, 6.45) is 5.34. The summed E-state index contributed by atoms with van der Waals surface area (Å²) in [7, 11) is 1.34. The number of amides is 1. The summed E-state index contributed by atoms with van der Waals surface area (Å²) in [4.78, 5) is 39.0. The van der Waals surface area contributed by atoms with Crippen LogP contribution in [0.3, 0.4) is 0 Å². The number of piperidine rings is 1. The highest BCUT2D eigenvalue weighted by Crippen LogP contribution is 2.40. The van der Waals surface area contributed by atoms with Gasteiger partial charge in [-0.15, -0.1) is 21.5 Å². The van der Waals surface area contributed by atoms with Gasteiger partial charge in [-0.25, -0.2) is 19.2 Å². The molecule has 3 aromatic heterocycles. The Morgan fingerprint density at radius 2 is 1.96 bits per heavy atom. The summed E-state index contributed by atoms with van der Waals surface area (Å²) < 4.78 is 27.0. The van der Waals surface area contributed by atoms with E-state index in [1.807, 2.05) is 36.1 Å². The number of esters is 1. The highest BCUT2D eigenvalue weighted by atomic mass is 32.1. The number of nitrogens with zero attached hydrogens (tertiary/aromatic N) is 6. The van der Waals surface area contributed by atoms with E-state index in [1.165, 1.54) is 24.5 Å². The van der Waals surface area contributed by atoms with Crippen LogP contribution in [0.4, 0.5) is 26.3 Å². The van der Waals surface area contributed by atoms with E-state index in [1.54, 1.807) is 23.5 Å². The highest BCUT2D eigenvalue weighted by molar-refractivity contribution is 7.22. The molecule has 0 saturated carbocycles. The Bertz CT molecular complexity index is 2280. The molecular weight excluding hydrogens is 740 g/mol. The summed E-state index contributed by atoms with van der Waals surface area (Å²) >= 11 is 2.99. The van der Waals surface area contributed by atoms with Gasteiger partial charge in [0.1, 0.15) is 0 Å². The number of thiazole rings is 2. The van der Waals surface area contributed by atoms with Gasteiger partial charge in [-0.05, 0) is 94.3 Å². The molecule has 0 aliphatic carbocycles. The second-order valence-corrected chi connectivity index (χ2v) is 16.3. The number of benzene rings is 2. The van der Waals surface area contributed by atoms with Crippen LogP contribution >= 0.6 is 22.7 Å². The number of ether oxygens (including phenoxy) is 2. The molecule has 5 aromatic rings. The summed E-state index contributed by atoms with van der Waals surface area (Å²) in [5.41, 5.74) is 3.95. The molecule has 0 unspecified atom stereocenters. The molecule has 2 fully saturated rings. The Labute approximate surface area is 326 Å². The number of fused-ring (bicyclic) bond motifs is 2. The molecule has 284 valence electrons. The molecule has 0 bridgehead atoms. The molecule has 12 nitrogen and oxygen atoms in total. The molecule has 55 heavy (non-hydrogen) atoms. The van der Waals surface area contributed by atoms with Crippen LogP contribution < -0.4 is 20.3 Å². The second-order valence-electron chi connectivity index (χ2n) is 14.2. The van der Waals surface area contributed by atoms with Crippen molar-refractivity contribution in [3.8, 4) is 17.6 Å². The summed E-state index contributed by atoms with van der Waals surface area (Å²) in [5, 5.41) is 16.9. The molecule has 1 amide bonds. The van der Waals surface area contributed by atoms with E-state index in [2.05, 4.69) is 42.6 Å². The minimum atomic E-state index is -0.511. The maximum atomic E-state index is 15.0. The quantitative estimate of drug-likeness (QED) is 0.0906. The number of carbonyl (C=O) groups excluding carboxylic acids is 2. The number of hydrogen-bond donors (Lipinski definition) is 2. The molecule has 8 rings (SSSR count). The van der Waals surface area contributed by atoms with Crippen LogP contribution in [0.2, 0.25) is 0 Å². The van der Waals surface area contributed by atoms with Crippen molar-refractivity contribution in [2.24, 2.45) is 5.41 Å². The molecule has 2 aromatic carbocycles. The highest BCUT2D eigenvalue weighted by Gasteiger charge is 2.40. The van der Waals surface area contributed by atoms with Crippen LogP contribution in [0.1, 0.15) is 64.2 Å². The predicted octanol–water partition coefficient (Wildman–Crippen LogP) is 6.57. The van der Waals surface area contributed by atoms with Crippen molar-refractivity contribution in [1.29, 1.82) is 0 Å². The van der Waals surface area contributed by atoms with Gasteiger partial charge in [0.15, 0.2) is 39.2 Å². The van der Waals surface area contributed by atoms with Gasteiger partial charge in [-0.3, -0.25) is 9.69 Å².